The number of nitro groups is 1. The Balaban J connectivity index is 1.98. The number of nitrogens with one attached hydrogen (secondary N) is 1. The van der Waals surface area contributed by atoms with E-state index in [0.717, 1.165) is 38.8 Å². The number of rotatable bonds is 5. The number of piperidine rings is 1. The van der Waals surface area contributed by atoms with Crippen LogP contribution in [0.15, 0.2) is 0 Å². The van der Waals surface area contributed by atoms with Crippen molar-refractivity contribution in [2.75, 3.05) is 26.2 Å². The lowest BCUT2D eigenvalue weighted by Crippen LogP contribution is -2.55. The number of ether oxygens (including phenoxy) is 1. The van der Waals surface area contributed by atoms with E-state index in [1.54, 1.807) is 6.92 Å². The summed E-state index contributed by atoms with van der Waals surface area (Å²) in [5, 5.41) is 14.2. The smallest absolute Gasteiger partial charge is 0.306 e. The van der Waals surface area contributed by atoms with E-state index in [1.165, 1.54) is 0 Å². The highest BCUT2D eigenvalue weighted by Crippen LogP contribution is 2.60. The summed E-state index contributed by atoms with van der Waals surface area (Å²) >= 11 is 0. The molecule has 1 aliphatic carbocycles. The van der Waals surface area contributed by atoms with E-state index in [9.17, 15) is 14.9 Å². The minimum atomic E-state index is -0.465. The van der Waals surface area contributed by atoms with Crippen LogP contribution in [0.2, 0.25) is 0 Å². The molecule has 2 fully saturated rings. The van der Waals surface area contributed by atoms with Crippen molar-refractivity contribution in [3.8, 4) is 0 Å². The predicted octanol–water partition coefficient (Wildman–Crippen LogP) is 1.37. The van der Waals surface area contributed by atoms with Gasteiger partial charge in [0.15, 0.2) is 0 Å². The molecule has 0 radical (unpaired) electrons. The van der Waals surface area contributed by atoms with Crippen molar-refractivity contribution >= 4 is 5.97 Å². The zero-order chi connectivity index (χ0) is 13.9. The maximum Gasteiger partial charge on any atom is 0.306 e. The van der Waals surface area contributed by atoms with Gasteiger partial charge in [-0.3, -0.25) is 14.9 Å². The van der Waals surface area contributed by atoms with Crippen molar-refractivity contribution in [3.05, 3.63) is 10.1 Å². The van der Waals surface area contributed by atoms with E-state index >= 15 is 0 Å². The van der Waals surface area contributed by atoms with Crippen LogP contribution in [0.4, 0.5) is 0 Å². The van der Waals surface area contributed by atoms with Crippen LogP contribution in [0.5, 0.6) is 0 Å². The first-order chi connectivity index (χ1) is 8.99. The minimum absolute atomic E-state index is 0.110. The van der Waals surface area contributed by atoms with Crippen molar-refractivity contribution < 1.29 is 14.5 Å². The normalized spacial score (nSPS) is 23.6. The summed E-state index contributed by atoms with van der Waals surface area (Å²) in [4.78, 5) is 22.2. The van der Waals surface area contributed by atoms with Crippen molar-refractivity contribution in [1.82, 2.24) is 5.32 Å². The Hall–Kier alpha value is -1.17. The molecule has 0 aromatic carbocycles. The zero-order valence-electron chi connectivity index (χ0n) is 11.4. The highest BCUT2D eigenvalue weighted by Gasteiger charge is 2.57. The third-order valence-corrected chi connectivity index (χ3v) is 4.45. The van der Waals surface area contributed by atoms with Crippen LogP contribution < -0.4 is 5.32 Å². The molecule has 2 rings (SSSR count). The minimum Gasteiger partial charge on any atom is -0.466 e. The Labute approximate surface area is 113 Å². The first-order valence-electron chi connectivity index (χ1n) is 6.97. The van der Waals surface area contributed by atoms with Crippen molar-refractivity contribution in [3.63, 3.8) is 0 Å². The fraction of sp³-hybridized carbons (Fsp3) is 0.923. The van der Waals surface area contributed by atoms with Gasteiger partial charge >= 0.3 is 5.97 Å². The Morgan fingerprint density at radius 1 is 1.37 bits per heavy atom. The van der Waals surface area contributed by atoms with Gasteiger partial charge in [0.05, 0.1) is 13.0 Å². The summed E-state index contributed by atoms with van der Waals surface area (Å²) in [6, 6.07) is 0. The molecule has 6 heteroatoms. The van der Waals surface area contributed by atoms with Crippen LogP contribution in [-0.2, 0) is 9.53 Å². The molecule has 0 aromatic rings. The lowest BCUT2D eigenvalue weighted by atomic mass is 9.48. The summed E-state index contributed by atoms with van der Waals surface area (Å²) in [6.07, 6.45) is 3.91. The molecule has 1 heterocycles. The number of hydrogen-bond acceptors (Lipinski definition) is 5. The molecular formula is C13H22N2O4. The largest absolute Gasteiger partial charge is 0.466 e. The number of esters is 1. The third-order valence-electron chi connectivity index (χ3n) is 4.45. The van der Waals surface area contributed by atoms with E-state index in [0.29, 0.717) is 6.61 Å². The molecule has 0 bridgehead atoms. The molecule has 2 aliphatic rings. The summed E-state index contributed by atoms with van der Waals surface area (Å²) in [6.45, 7) is 3.94. The average molecular weight is 270 g/mol. The van der Waals surface area contributed by atoms with Gasteiger partial charge in [-0.15, -0.1) is 0 Å². The molecule has 1 saturated carbocycles. The Morgan fingerprint density at radius 2 is 2.00 bits per heavy atom. The third kappa shape index (κ3) is 3.23. The lowest BCUT2D eigenvalue weighted by Gasteiger charge is -2.56. The highest BCUT2D eigenvalue weighted by molar-refractivity contribution is 5.70. The van der Waals surface area contributed by atoms with E-state index in [2.05, 4.69) is 5.32 Å². The zero-order valence-corrected chi connectivity index (χ0v) is 11.4. The maximum atomic E-state index is 11.6. The SMILES string of the molecule is CCOC(=O)CC1(C[N+](=O)[O-])CC2(CCNCC2)C1. The van der Waals surface area contributed by atoms with E-state index in [-0.39, 0.29) is 29.3 Å². The van der Waals surface area contributed by atoms with Crippen LogP contribution in [0.1, 0.15) is 39.0 Å². The van der Waals surface area contributed by atoms with Gasteiger partial charge in [-0.25, -0.2) is 0 Å². The number of hydrogen-bond donors (Lipinski definition) is 1. The van der Waals surface area contributed by atoms with Crippen LogP contribution in [-0.4, -0.2) is 37.1 Å². The van der Waals surface area contributed by atoms with Crippen LogP contribution in [0.25, 0.3) is 0 Å². The van der Waals surface area contributed by atoms with Crippen molar-refractivity contribution in [2.24, 2.45) is 10.8 Å². The van der Waals surface area contributed by atoms with Crippen molar-refractivity contribution in [2.45, 2.75) is 39.0 Å². The van der Waals surface area contributed by atoms with Gasteiger partial charge in [-0.05, 0) is 51.1 Å². The molecule has 1 aliphatic heterocycles. The monoisotopic (exact) mass is 270 g/mol. The van der Waals surface area contributed by atoms with Gasteiger partial charge < -0.3 is 10.1 Å². The van der Waals surface area contributed by atoms with Gasteiger partial charge in [0.2, 0.25) is 6.54 Å². The fourth-order valence-electron chi connectivity index (χ4n) is 3.93. The Kier molecular flexibility index (Phi) is 4.08. The first kappa shape index (κ1) is 14.2. The Morgan fingerprint density at radius 3 is 2.53 bits per heavy atom. The van der Waals surface area contributed by atoms with E-state index < -0.39 is 5.41 Å². The number of carbonyl (C=O) groups is 1. The Bertz CT molecular complexity index is 356. The summed E-state index contributed by atoms with van der Waals surface area (Å²) in [7, 11) is 0. The van der Waals surface area contributed by atoms with Gasteiger partial charge in [0.1, 0.15) is 0 Å². The lowest BCUT2D eigenvalue weighted by molar-refractivity contribution is -0.505. The average Bonchev–Trinajstić information content (AvgIpc) is 2.27. The van der Waals surface area contributed by atoms with E-state index in [4.69, 9.17) is 4.74 Å². The van der Waals surface area contributed by atoms with Gasteiger partial charge in [0.25, 0.3) is 0 Å². The molecular weight excluding hydrogens is 248 g/mol. The molecule has 1 saturated heterocycles. The summed E-state index contributed by atoms with van der Waals surface area (Å²) < 4.78 is 4.96. The number of nitrogens with zero attached hydrogens (tertiary/aromatic N) is 1. The molecule has 1 N–H and O–H groups in total. The second-order valence-electron chi connectivity index (χ2n) is 6.08. The highest BCUT2D eigenvalue weighted by atomic mass is 16.6. The van der Waals surface area contributed by atoms with Crippen LogP contribution in [0, 0.1) is 20.9 Å². The molecule has 0 unspecified atom stereocenters. The van der Waals surface area contributed by atoms with Gasteiger partial charge in [-0.1, -0.05) is 0 Å². The quantitative estimate of drug-likeness (QED) is 0.463. The first-order valence-corrected chi connectivity index (χ1v) is 6.97. The molecule has 19 heavy (non-hydrogen) atoms. The fourth-order valence-corrected chi connectivity index (χ4v) is 3.93. The second kappa shape index (κ2) is 5.45. The molecule has 108 valence electrons. The molecule has 0 atom stereocenters. The van der Waals surface area contributed by atoms with Gasteiger partial charge in [0, 0.05) is 10.3 Å². The number of carbonyl (C=O) groups excluding carboxylic acids is 1. The molecule has 1 spiro atoms. The summed E-state index contributed by atoms with van der Waals surface area (Å²) in [5.74, 6) is -0.298. The van der Waals surface area contributed by atoms with E-state index in [1.807, 2.05) is 0 Å². The van der Waals surface area contributed by atoms with Crippen LogP contribution >= 0.6 is 0 Å². The maximum absolute atomic E-state index is 11.6. The standard InChI is InChI=1S/C13H22N2O4/c1-2-19-11(16)7-13(10-15(17)18)8-12(9-13)3-5-14-6-4-12/h14H,2-10H2,1H3. The topological polar surface area (TPSA) is 81.5 Å². The molecule has 6 nitrogen and oxygen atoms in total. The second-order valence-corrected chi connectivity index (χ2v) is 6.08. The summed E-state index contributed by atoms with van der Waals surface area (Å²) in [5.41, 5.74) is -0.235. The van der Waals surface area contributed by atoms with Crippen LogP contribution in [0.3, 0.4) is 0 Å². The predicted molar refractivity (Wildman–Crippen MR) is 69.3 cm³/mol. The molecule has 0 aromatic heterocycles. The van der Waals surface area contributed by atoms with Crippen molar-refractivity contribution in [1.29, 1.82) is 0 Å². The van der Waals surface area contributed by atoms with Gasteiger partial charge in [-0.2, -0.15) is 0 Å². The molecule has 0 amide bonds.